The van der Waals surface area contributed by atoms with E-state index in [1.807, 2.05) is 38.1 Å². The molecule has 152 valence electrons. The number of carboxylic acid groups (broad SMARTS) is 1. The van der Waals surface area contributed by atoms with Gasteiger partial charge in [0.05, 0.1) is 24.0 Å². The molecular formula is C20H19NO5S3. The van der Waals surface area contributed by atoms with Crippen molar-refractivity contribution in [2.24, 2.45) is 0 Å². The van der Waals surface area contributed by atoms with Gasteiger partial charge >= 0.3 is 5.97 Å². The number of ether oxygens (including phenoxy) is 2. The van der Waals surface area contributed by atoms with Gasteiger partial charge in [0.1, 0.15) is 0 Å². The zero-order valence-corrected chi connectivity index (χ0v) is 18.3. The van der Waals surface area contributed by atoms with Crippen LogP contribution in [0.1, 0.15) is 18.7 Å². The lowest BCUT2D eigenvalue weighted by molar-refractivity contribution is -0.131. The first-order valence-corrected chi connectivity index (χ1v) is 11.1. The number of hydrogen-bond donors (Lipinski definition) is 1. The summed E-state index contributed by atoms with van der Waals surface area (Å²) in [5, 5.41) is 10.0. The third-order valence-electron chi connectivity index (χ3n) is 3.94. The minimum absolute atomic E-state index is 0.215. The first-order chi connectivity index (χ1) is 13.9. The number of thiocarbonyl (C=S) groups is 1. The Bertz CT molecular complexity index is 982. The van der Waals surface area contributed by atoms with Crippen LogP contribution in [-0.2, 0) is 9.59 Å². The van der Waals surface area contributed by atoms with Crippen LogP contribution in [0.2, 0.25) is 0 Å². The van der Waals surface area contributed by atoms with E-state index < -0.39 is 5.97 Å². The Morgan fingerprint density at radius 2 is 1.93 bits per heavy atom. The molecule has 9 heteroatoms. The van der Waals surface area contributed by atoms with E-state index in [2.05, 4.69) is 0 Å². The molecule has 1 aliphatic heterocycles. The highest BCUT2D eigenvalue weighted by Crippen LogP contribution is 2.37. The topological polar surface area (TPSA) is 76.1 Å². The molecule has 0 aliphatic carbocycles. The van der Waals surface area contributed by atoms with Gasteiger partial charge in [0.15, 0.2) is 16.5 Å². The lowest BCUT2D eigenvalue weighted by Crippen LogP contribution is -2.35. The van der Waals surface area contributed by atoms with E-state index >= 15 is 0 Å². The van der Waals surface area contributed by atoms with Gasteiger partial charge < -0.3 is 14.6 Å². The van der Waals surface area contributed by atoms with E-state index in [1.165, 1.54) is 11.8 Å². The van der Waals surface area contributed by atoms with Crippen LogP contribution in [0.25, 0.3) is 16.2 Å². The SMILES string of the molecule is CCOc1cc2cc(C=CC=C3SCN(C(=S)C(=O)O)C3=O)sc2cc1OCC. The Labute approximate surface area is 181 Å². The van der Waals surface area contributed by atoms with Crippen LogP contribution >= 0.6 is 35.3 Å². The number of carbonyl (C=O) groups excluding carboxylic acids is 1. The molecule has 1 aromatic heterocycles. The van der Waals surface area contributed by atoms with Crippen molar-refractivity contribution in [3.8, 4) is 11.5 Å². The first-order valence-electron chi connectivity index (χ1n) is 8.88. The average molecular weight is 450 g/mol. The molecule has 1 saturated heterocycles. The number of carboxylic acids is 1. The van der Waals surface area contributed by atoms with Crippen LogP contribution in [-0.4, -0.2) is 46.0 Å². The minimum atomic E-state index is -1.27. The number of fused-ring (bicyclic) bond motifs is 1. The molecule has 2 heterocycles. The smallest absolute Gasteiger partial charge is 0.364 e. The molecule has 1 aliphatic rings. The molecule has 0 bridgehead atoms. The highest BCUT2D eigenvalue weighted by molar-refractivity contribution is 8.04. The molecule has 1 N–H and O–H groups in total. The Morgan fingerprint density at radius 1 is 1.24 bits per heavy atom. The zero-order valence-electron chi connectivity index (χ0n) is 15.8. The minimum Gasteiger partial charge on any atom is -0.490 e. The van der Waals surface area contributed by atoms with Crippen LogP contribution in [0.4, 0.5) is 0 Å². The molecule has 0 unspecified atom stereocenters. The van der Waals surface area contributed by atoms with Gasteiger partial charge in [-0.05, 0) is 43.5 Å². The number of hydrogen-bond acceptors (Lipinski definition) is 7. The van der Waals surface area contributed by atoms with Gasteiger partial charge in [-0.1, -0.05) is 30.1 Å². The molecule has 0 atom stereocenters. The van der Waals surface area contributed by atoms with Crippen molar-refractivity contribution in [3.63, 3.8) is 0 Å². The fourth-order valence-electron chi connectivity index (χ4n) is 2.69. The van der Waals surface area contributed by atoms with E-state index in [0.717, 1.165) is 31.4 Å². The van der Waals surface area contributed by atoms with Gasteiger partial charge in [-0.15, -0.1) is 11.3 Å². The maximum absolute atomic E-state index is 12.3. The fourth-order valence-corrected chi connectivity index (χ4v) is 4.83. The molecule has 2 aromatic rings. The summed E-state index contributed by atoms with van der Waals surface area (Å²) in [6.07, 6.45) is 5.37. The lowest BCUT2D eigenvalue weighted by atomic mass is 10.2. The Kier molecular flexibility index (Phi) is 6.94. The van der Waals surface area contributed by atoms with Crippen LogP contribution in [0.5, 0.6) is 11.5 Å². The van der Waals surface area contributed by atoms with Gasteiger partial charge in [0.2, 0.25) is 0 Å². The van der Waals surface area contributed by atoms with Gasteiger partial charge in [-0.2, -0.15) is 0 Å². The monoisotopic (exact) mass is 449 g/mol. The summed E-state index contributed by atoms with van der Waals surface area (Å²) < 4.78 is 12.4. The number of allylic oxidation sites excluding steroid dienone is 2. The lowest BCUT2D eigenvalue weighted by Gasteiger charge is -2.10. The third-order valence-corrected chi connectivity index (χ3v) is 6.41. The fraction of sp³-hybridized carbons (Fsp3) is 0.250. The Hall–Kier alpha value is -2.36. The van der Waals surface area contributed by atoms with E-state index in [-0.39, 0.29) is 16.8 Å². The van der Waals surface area contributed by atoms with Crippen molar-refractivity contribution in [1.29, 1.82) is 0 Å². The highest BCUT2D eigenvalue weighted by Gasteiger charge is 2.32. The van der Waals surface area contributed by atoms with Gasteiger partial charge in [0, 0.05) is 15.6 Å². The zero-order chi connectivity index (χ0) is 21.0. The number of nitrogens with zero attached hydrogens (tertiary/aromatic N) is 1. The summed E-state index contributed by atoms with van der Waals surface area (Å²) in [5.74, 6) is 0.0101. The van der Waals surface area contributed by atoms with Crippen LogP contribution < -0.4 is 9.47 Å². The number of amides is 1. The number of carbonyl (C=O) groups is 2. The molecule has 0 spiro atoms. The average Bonchev–Trinajstić information content (AvgIpc) is 3.24. The maximum atomic E-state index is 12.3. The summed E-state index contributed by atoms with van der Waals surface area (Å²) in [6, 6.07) is 5.99. The van der Waals surface area contributed by atoms with Crippen molar-refractivity contribution < 1.29 is 24.2 Å². The molecule has 29 heavy (non-hydrogen) atoms. The number of thiophene rings is 1. The van der Waals surface area contributed by atoms with Gasteiger partial charge in [-0.25, -0.2) is 4.79 Å². The second-order valence-electron chi connectivity index (χ2n) is 5.86. The number of benzene rings is 1. The number of thioether (sulfide) groups is 1. The second-order valence-corrected chi connectivity index (χ2v) is 8.35. The molecule has 0 radical (unpaired) electrons. The van der Waals surface area contributed by atoms with Crippen LogP contribution in [0.3, 0.4) is 0 Å². The Balaban J connectivity index is 1.78. The molecule has 1 aromatic carbocycles. The van der Waals surface area contributed by atoms with Crippen molar-refractivity contribution in [2.45, 2.75) is 13.8 Å². The largest absolute Gasteiger partial charge is 0.490 e. The predicted octanol–water partition coefficient (Wildman–Crippen LogP) is 4.54. The van der Waals surface area contributed by atoms with Crippen molar-refractivity contribution in [1.82, 2.24) is 4.90 Å². The van der Waals surface area contributed by atoms with E-state index in [0.29, 0.717) is 18.1 Å². The summed E-state index contributed by atoms with van der Waals surface area (Å²) in [5.41, 5.74) is 0. The maximum Gasteiger partial charge on any atom is 0.364 e. The van der Waals surface area contributed by atoms with E-state index in [1.54, 1.807) is 23.5 Å². The number of aliphatic carboxylic acids is 1. The summed E-state index contributed by atoms with van der Waals surface area (Å²) in [4.78, 5) is 25.4. The van der Waals surface area contributed by atoms with Crippen molar-refractivity contribution >= 4 is 68.3 Å². The summed E-state index contributed by atoms with van der Waals surface area (Å²) >= 11 is 7.65. The summed E-state index contributed by atoms with van der Waals surface area (Å²) in [6.45, 7) is 4.99. The Morgan fingerprint density at radius 3 is 2.59 bits per heavy atom. The van der Waals surface area contributed by atoms with Crippen molar-refractivity contribution in [2.75, 3.05) is 19.1 Å². The molecule has 1 amide bonds. The highest BCUT2D eigenvalue weighted by atomic mass is 32.2. The molecular weight excluding hydrogens is 430 g/mol. The summed E-state index contributed by atoms with van der Waals surface area (Å²) in [7, 11) is 0. The molecule has 6 nitrogen and oxygen atoms in total. The van der Waals surface area contributed by atoms with Gasteiger partial charge in [-0.3, -0.25) is 9.69 Å². The first kappa shape index (κ1) is 21.4. The van der Waals surface area contributed by atoms with Crippen LogP contribution in [0.15, 0.2) is 35.3 Å². The van der Waals surface area contributed by atoms with Gasteiger partial charge in [0.25, 0.3) is 5.91 Å². The normalized spacial score (nSPS) is 15.6. The molecule has 0 saturated carbocycles. The standard InChI is InChI=1S/C20H19NO5S3/c1-3-25-14-9-12-8-13(29-17(12)10-15(14)26-4-2)6-5-7-16-18(22)21(11-28-16)19(27)20(23)24/h5-10H,3-4,11H2,1-2H3,(H,23,24). The quantitative estimate of drug-likeness (QED) is 0.512. The van der Waals surface area contributed by atoms with E-state index in [9.17, 15) is 9.59 Å². The number of rotatable bonds is 6. The molecule has 1 fully saturated rings. The van der Waals surface area contributed by atoms with E-state index in [4.69, 9.17) is 26.8 Å². The second kappa shape index (κ2) is 9.43. The van der Waals surface area contributed by atoms with Crippen LogP contribution in [0, 0.1) is 0 Å². The third kappa shape index (κ3) is 4.80. The van der Waals surface area contributed by atoms with Crippen molar-refractivity contribution in [3.05, 3.63) is 40.1 Å². The molecule has 3 rings (SSSR count). The predicted molar refractivity (Wildman–Crippen MR) is 121 cm³/mol.